The zero-order chi connectivity index (χ0) is 18.3. The van der Waals surface area contributed by atoms with Crippen LogP contribution in [0, 0.1) is 18.3 Å². The van der Waals surface area contributed by atoms with Crippen molar-refractivity contribution in [2.24, 2.45) is 0 Å². The first-order chi connectivity index (χ1) is 12.6. The van der Waals surface area contributed by atoms with Gasteiger partial charge in [0, 0.05) is 11.8 Å². The molecule has 5 nitrogen and oxygen atoms in total. The van der Waals surface area contributed by atoms with E-state index >= 15 is 0 Å². The molecule has 3 aromatic rings. The number of pyridine rings is 1. The second-order valence-electron chi connectivity index (χ2n) is 6.90. The molecule has 0 amide bonds. The Morgan fingerprint density at radius 3 is 2.96 bits per heavy atom. The second-order valence-corrected chi connectivity index (χ2v) is 8.38. The van der Waals surface area contributed by atoms with E-state index in [1.807, 2.05) is 53.4 Å². The number of benzene rings is 1. The van der Waals surface area contributed by atoms with Gasteiger partial charge in [-0.05, 0) is 49.3 Å². The largest absolute Gasteiger partial charge is 0.387 e. The summed E-state index contributed by atoms with van der Waals surface area (Å²) < 4.78 is 1.99. The van der Waals surface area contributed by atoms with E-state index in [0.717, 1.165) is 41.0 Å². The molecular formula is C20H22N4OS. The zero-order valence-corrected chi connectivity index (χ0v) is 15.8. The lowest BCUT2D eigenvalue weighted by Crippen LogP contribution is -2.54. The van der Waals surface area contributed by atoms with Gasteiger partial charge in [0.1, 0.15) is 11.9 Å². The van der Waals surface area contributed by atoms with Crippen LogP contribution in [0.2, 0.25) is 0 Å². The molecule has 2 aromatic heterocycles. The minimum absolute atomic E-state index is 0.287. The summed E-state index contributed by atoms with van der Waals surface area (Å²) in [6.07, 6.45) is 1.88. The number of anilines is 1. The van der Waals surface area contributed by atoms with Gasteiger partial charge < -0.3 is 10.4 Å². The monoisotopic (exact) mass is 366 g/mol. The molecule has 2 heterocycles. The third-order valence-electron chi connectivity index (χ3n) is 5.27. The van der Waals surface area contributed by atoms with Crippen molar-refractivity contribution in [1.29, 1.82) is 5.26 Å². The van der Waals surface area contributed by atoms with Crippen LogP contribution >= 0.6 is 11.8 Å². The first-order valence-corrected chi connectivity index (χ1v) is 10.0. The van der Waals surface area contributed by atoms with Gasteiger partial charge in [-0.1, -0.05) is 19.1 Å². The normalized spacial score (nSPS) is 22.3. The average molecular weight is 366 g/mol. The van der Waals surface area contributed by atoms with Crippen LogP contribution < -0.4 is 5.32 Å². The van der Waals surface area contributed by atoms with E-state index in [1.54, 1.807) is 0 Å². The highest BCUT2D eigenvalue weighted by Crippen LogP contribution is 2.41. The summed E-state index contributed by atoms with van der Waals surface area (Å²) in [7, 11) is 0. The average Bonchev–Trinajstić information content (AvgIpc) is 3.02. The van der Waals surface area contributed by atoms with Crippen LogP contribution in [0.4, 0.5) is 5.82 Å². The van der Waals surface area contributed by atoms with Gasteiger partial charge in [-0.15, -0.1) is 0 Å². The third kappa shape index (κ3) is 2.63. The minimum atomic E-state index is -0.675. The molecule has 26 heavy (non-hydrogen) atoms. The molecule has 2 N–H and O–H groups in total. The van der Waals surface area contributed by atoms with E-state index in [2.05, 4.69) is 23.3 Å². The van der Waals surface area contributed by atoms with Gasteiger partial charge in [0.05, 0.1) is 22.2 Å². The van der Waals surface area contributed by atoms with Crippen LogP contribution in [-0.4, -0.2) is 37.6 Å². The predicted octanol–water partition coefficient (Wildman–Crippen LogP) is 3.73. The molecule has 1 aromatic carbocycles. The number of para-hydroxylation sites is 2. The maximum atomic E-state index is 10.9. The molecule has 0 saturated heterocycles. The maximum Gasteiger partial charge on any atom is 0.157 e. The number of aliphatic hydroxyl groups is 1. The summed E-state index contributed by atoms with van der Waals surface area (Å²) in [4.78, 5) is 4.66. The number of nitrogens with one attached hydrogen (secondary N) is 1. The number of hydrogen-bond acceptors (Lipinski definition) is 5. The van der Waals surface area contributed by atoms with Crippen molar-refractivity contribution >= 4 is 34.3 Å². The highest BCUT2D eigenvalue weighted by atomic mass is 32.2. The SMILES string of the molecule is CCSC1CCC1(O)CNc1cc(C)c(C#N)c2nc3ccccc3n12. The lowest BCUT2D eigenvalue weighted by Gasteiger charge is -2.45. The van der Waals surface area contributed by atoms with Gasteiger partial charge in [0.2, 0.25) is 0 Å². The van der Waals surface area contributed by atoms with Crippen molar-refractivity contribution < 1.29 is 5.11 Å². The molecule has 6 heteroatoms. The lowest BCUT2D eigenvalue weighted by atomic mass is 9.79. The number of rotatable bonds is 5. The molecule has 0 radical (unpaired) electrons. The van der Waals surface area contributed by atoms with Gasteiger partial charge in [-0.3, -0.25) is 4.40 Å². The lowest BCUT2D eigenvalue weighted by molar-refractivity contribution is -0.0120. The summed E-state index contributed by atoms with van der Waals surface area (Å²) in [5.41, 5.74) is 3.29. The van der Waals surface area contributed by atoms with Crippen molar-refractivity contribution in [3.05, 3.63) is 41.5 Å². The Balaban J connectivity index is 1.77. The first kappa shape index (κ1) is 17.2. The molecule has 1 aliphatic carbocycles. The molecule has 0 spiro atoms. The molecule has 1 fully saturated rings. The molecule has 1 aliphatic rings. The number of fused-ring (bicyclic) bond motifs is 3. The Morgan fingerprint density at radius 2 is 2.27 bits per heavy atom. The molecular weight excluding hydrogens is 344 g/mol. The molecule has 0 bridgehead atoms. The summed E-state index contributed by atoms with van der Waals surface area (Å²) in [6, 6.07) is 12.1. The zero-order valence-electron chi connectivity index (χ0n) is 15.0. The van der Waals surface area contributed by atoms with Crippen LogP contribution in [0.5, 0.6) is 0 Å². The van der Waals surface area contributed by atoms with Crippen LogP contribution in [0.3, 0.4) is 0 Å². The number of nitriles is 1. The van der Waals surface area contributed by atoms with Gasteiger partial charge in [0.25, 0.3) is 0 Å². The number of nitrogens with zero attached hydrogens (tertiary/aromatic N) is 3. The van der Waals surface area contributed by atoms with E-state index in [0.29, 0.717) is 17.8 Å². The summed E-state index contributed by atoms with van der Waals surface area (Å²) in [5.74, 6) is 1.88. The Labute approximate surface area is 157 Å². The van der Waals surface area contributed by atoms with Crippen molar-refractivity contribution in [3.63, 3.8) is 0 Å². The maximum absolute atomic E-state index is 10.9. The van der Waals surface area contributed by atoms with Gasteiger partial charge in [-0.2, -0.15) is 17.0 Å². The van der Waals surface area contributed by atoms with Crippen molar-refractivity contribution in [2.45, 2.75) is 37.5 Å². The fourth-order valence-corrected chi connectivity index (χ4v) is 4.90. The minimum Gasteiger partial charge on any atom is -0.387 e. The second kappa shape index (κ2) is 6.49. The molecule has 0 aliphatic heterocycles. The Kier molecular flexibility index (Phi) is 4.29. The van der Waals surface area contributed by atoms with Crippen LogP contribution in [0.25, 0.3) is 16.7 Å². The number of aromatic nitrogens is 2. The van der Waals surface area contributed by atoms with E-state index < -0.39 is 5.60 Å². The molecule has 2 atom stereocenters. The quantitative estimate of drug-likeness (QED) is 0.720. The molecule has 134 valence electrons. The van der Waals surface area contributed by atoms with Gasteiger partial charge >= 0.3 is 0 Å². The van der Waals surface area contributed by atoms with Crippen LogP contribution in [0.1, 0.15) is 30.9 Å². The van der Waals surface area contributed by atoms with Crippen molar-refractivity contribution in [3.8, 4) is 6.07 Å². The highest BCUT2D eigenvalue weighted by Gasteiger charge is 2.45. The fraction of sp³-hybridized carbons (Fsp3) is 0.400. The topological polar surface area (TPSA) is 73.3 Å². The Morgan fingerprint density at radius 1 is 1.46 bits per heavy atom. The fourth-order valence-electron chi connectivity index (χ4n) is 3.70. The summed E-state index contributed by atoms with van der Waals surface area (Å²) in [5, 5.41) is 24.2. The summed E-state index contributed by atoms with van der Waals surface area (Å²) >= 11 is 1.83. The van der Waals surface area contributed by atoms with Crippen molar-refractivity contribution in [1.82, 2.24) is 9.38 Å². The number of thioether (sulfide) groups is 1. The first-order valence-electron chi connectivity index (χ1n) is 8.96. The van der Waals surface area contributed by atoms with Crippen molar-refractivity contribution in [2.75, 3.05) is 17.6 Å². The molecule has 2 unspecified atom stereocenters. The third-order valence-corrected chi connectivity index (χ3v) is 6.68. The number of hydrogen-bond donors (Lipinski definition) is 2. The standard InChI is InChI=1S/C20H22N4OS/c1-3-26-17-8-9-20(17,25)12-22-18-10-13(2)14(11-21)19-23-15-6-4-5-7-16(15)24(18)19/h4-7,10,17,22,25H,3,8-9,12H2,1-2H3. The number of imidazole rings is 1. The van der Waals surface area contributed by atoms with E-state index in [-0.39, 0.29) is 5.25 Å². The predicted molar refractivity (Wildman–Crippen MR) is 107 cm³/mol. The smallest absolute Gasteiger partial charge is 0.157 e. The van der Waals surface area contributed by atoms with Gasteiger partial charge in [0.15, 0.2) is 5.65 Å². The van der Waals surface area contributed by atoms with Gasteiger partial charge in [-0.25, -0.2) is 4.98 Å². The number of aryl methyl sites for hydroxylation is 1. The Bertz CT molecular complexity index is 1020. The summed E-state index contributed by atoms with van der Waals surface area (Å²) in [6.45, 7) is 4.55. The van der Waals surface area contributed by atoms with E-state index in [1.165, 1.54) is 0 Å². The van der Waals surface area contributed by atoms with Crippen LogP contribution in [0.15, 0.2) is 30.3 Å². The van der Waals surface area contributed by atoms with E-state index in [9.17, 15) is 10.4 Å². The molecule has 1 saturated carbocycles. The molecule has 4 rings (SSSR count). The Hall–Kier alpha value is -2.23. The van der Waals surface area contributed by atoms with Crippen LogP contribution in [-0.2, 0) is 0 Å². The van der Waals surface area contributed by atoms with E-state index in [4.69, 9.17) is 0 Å². The highest BCUT2D eigenvalue weighted by molar-refractivity contribution is 8.00.